The number of phenols is 1. The summed E-state index contributed by atoms with van der Waals surface area (Å²) in [5, 5.41) is 14.4. The van der Waals surface area contributed by atoms with Crippen molar-refractivity contribution in [1.82, 2.24) is 5.43 Å². The van der Waals surface area contributed by atoms with Gasteiger partial charge in [-0.1, -0.05) is 55.3 Å². The molecule has 0 aliphatic carbocycles. The Morgan fingerprint density at radius 2 is 1.96 bits per heavy atom. The Kier molecular flexibility index (Phi) is 6.18. The largest absolute Gasteiger partial charge is 0.507 e. The maximum absolute atomic E-state index is 12.2. The molecular weight excluding hydrogens is 312 g/mol. The molecule has 4 nitrogen and oxygen atoms in total. The Labute approximate surface area is 140 Å². The fraction of sp³-hybridized carbons (Fsp3) is 0.222. The fourth-order valence-corrected chi connectivity index (χ4v) is 2.28. The van der Waals surface area contributed by atoms with Crippen LogP contribution >= 0.6 is 11.6 Å². The number of amides is 1. The van der Waals surface area contributed by atoms with Crippen molar-refractivity contribution in [3.05, 3.63) is 64.7 Å². The zero-order valence-corrected chi connectivity index (χ0v) is 13.7. The van der Waals surface area contributed by atoms with Gasteiger partial charge in [0.15, 0.2) is 0 Å². The second-order valence-corrected chi connectivity index (χ2v) is 5.57. The van der Waals surface area contributed by atoms with Gasteiger partial charge in [0.1, 0.15) is 5.75 Å². The summed E-state index contributed by atoms with van der Waals surface area (Å²) in [6, 6.07) is 14.0. The highest BCUT2D eigenvalue weighted by atomic mass is 35.5. The van der Waals surface area contributed by atoms with Crippen molar-refractivity contribution in [1.29, 1.82) is 0 Å². The summed E-state index contributed by atoms with van der Waals surface area (Å²) in [6.45, 7) is 2.10. The first-order chi connectivity index (χ1) is 11.1. The molecule has 2 aromatic rings. The topological polar surface area (TPSA) is 61.7 Å². The van der Waals surface area contributed by atoms with Crippen LogP contribution in [0.2, 0.25) is 5.02 Å². The lowest BCUT2D eigenvalue weighted by atomic mass is 10.1. The number of nitrogens with one attached hydrogen (secondary N) is 1. The van der Waals surface area contributed by atoms with Crippen LogP contribution in [0.15, 0.2) is 53.6 Å². The summed E-state index contributed by atoms with van der Waals surface area (Å²) in [7, 11) is 0. The van der Waals surface area contributed by atoms with Crippen LogP contribution in [-0.4, -0.2) is 16.7 Å². The van der Waals surface area contributed by atoms with E-state index >= 15 is 0 Å². The van der Waals surface area contributed by atoms with Crippen LogP contribution in [0, 0.1) is 0 Å². The number of hydrogen-bond acceptors (Lipinski definition) is 3. The Balaban J connectivity index is 2.19. The van der Waals surface area contributed by atoms with Gasteiger partial charge in [0.05, 0.1) is 11.3 Å². The molecule has 23 heavy (non-hydrogen) atoms. The molecule has 0 atom stereocenters. The summed E-state index contributed by atoms with van der Waals surface area (Å²) >= 11 is 5.86. The van der Waals surface area contributed by atoms with Crippen LogP contribution in [0.25, 0.3) is 0 Å². The molecule has 0 heterocycles. The zero-order chi connectivity index (χ0) is 16.7. The second kappa shape index (κ2) is 8.34. The van der Waals surface area contributed by atoms with Crippen molar-refractivity contribution in [3.8, 4) is 5.75 Å². The standard InChI is InChI=1S/C18H19ClN2O2/c1-2-3-9-16(13-7-5-4-6-8-13)20-21-18(23)15-12-14(19)10-11-17(15)22/h4-8,10-12,22H,2-3,9H2,1H3,(H,21,23)/b20-16+. The molecule has 2 aromatic carbocycles. The van der Waals surface area contributed by atoms with Gasteiger partial charge in [-0.15, -0.1) is 0 Å². The number of halogens is 1. The molecule has 0 unspecified atom stereocenters. The van der Waals surface area contributed by atoms with Crippen molar-refractivity contribution >= 4 is 23.2 Å². The minimum Gasteiger partial charge on any atom is -0.507 e. The Morgan fingerprint density at radius 3 is 2.65 bits per heavy atom. The molecule has 0 aliphatic heterocycles. The maximum atomic E-state index is 12.2. The van der Waals surface area contributed by atoms with E-state index in [9.17, 15) is 9.90 Å². The number of carbonyl (C=O) groups is 1. The third-order valence-corrected chi connectivity index (χ3v) is 3.60. The van der Waals surface area contributed by atoms with Gasteiger partial charge in [-0.25, -0.2) is 5.43 Å². The molecule has 0 saturated carbocycles. The summed E-state index contributed by atoms with van der Waals surface area (Å²) in [6.07, 6.45) is 2.78. The number of hydrazone groups is 1. The normalized spacial score (nSPS) is 11.3. The second-order valence-electron chi connectivity index (χ2n) is 5.13. The van der Waals surface area contributed by atoms with E-state index in [0.29, 0.717) is 5.02 Å². The number of benzene rings is 2. The summed E-state index contributed by atoms with van der Waals surface area (Å²) in [5.74, 6) is -0.619. The van der Waals surface area contributed by atoms with Crippen molar-refractivity contribution in [3.63, 3.8) is 0 Å². The summed E-state index contributed by atoms with van der Waals surface area (Å²) in [4.78, 5) is 12.2. The van der Waals surface area contributed by atoms with E-state index in [1.807, 2.05) is 30.3 Å². The third-order valence-electron chi connectivity index (χ3n) is 3.37. The monoisotopic (exact) mass is 330 g/mol. The van der Waals surface area contributed by atoms with Gasteiger partial charge in [-0.3, -0.25) is 4.79 Å². The Morgan fingerprint density at radius 1 is 1.22 bits per heavy atom. The van der Waals surface area contributed by atoms with Crippen LogP contribution in [0.1, 0.15) is 42.1 Å². The van der Waals surface area contributed by atoms with Crippen LogP contribution in [-0.2, 0) is 0 Å². The van der Waals surface area contributed by atoms with E-state index in [0.717, 1.165) is 30.5 Å². The number of rotatable bonds is 6. The molecule has 5 heteroatoms. The van der Waals surface area contributed by atoms with Gasteiger partial charge in [-0.05, 0) is 36.6 Å². The number of aromatic hydroxyl groups is 1. The zero-order valence-electron chi connectivity index (χ0n) is 12.9. The molecule has 0 radical (unpaired) electrons. The molecule has 0 bridgehead atoms. The number of nitrogens with zero attached hydrogens (tertiary/aromatic N) is 1. The summed E-state index contributed by atoms with van der Waals surface area (Å²) < 4.78 is 0. The van der Waals surface area contributed by atoms with Gasteiger partial charge in [0.25, 0.3) is 5.91 Å². The van der Waals surface area contributed by atoms with Crippen molar-refractivity contribution in [2.45, 2.75) is 26.2 Å². The lowest BCUT2D eigenvalue weighted by Gasteiger charge is -2.08. The quantitative estimate of drug-likeness (QED) is 0.610. The average molecular weight is 331 g/mol. The molecule has 0 aromatic heterocycles. The molecule has 0 fully saturated rings. The van der Waals surface area contributed by atoms with E-state index in [1.165, 1.54) is 18.2 Å². The van der Waals surface area contributed by atoms with Crippen LogP contribution < -0.4 is 5.43 Å². The van der Waals surface area contributed by atoms with E-state index in [4.69, 9.17) is 11.6 Å². The molecular formula is C18H19ClN2O2. The Bertz CT molecular complexity index is 699. The van der Waals surface area contributed by atoms with E-state index < -0.39 is 5.91 Å². The van der Waals surface area contributed by atoms with E-state index in [1.54, 1.807) is 0 Å². The predicted molar refractivity (Wildman–Crippen MR) is 93.1 cm³/mol. The lowest BCUT2D eigenvalue weighted by molar-refractivity contribution is 0.0952. The predicted octanol–water partition coefficient (Wildman–Crippen LogP) is 4.37. The Hall–Kier alpha value is -2.33. The van der Waals surface area contributed by atoms with Gasteiger partial charge in [-0.2, -0.15) is 5.10 Å². The average Bonchev–Trinajstić information content (AvgIpc) is 2.57. The van der Waals surface area contributed by atoms with Crippen molar-refractivity contribution < 1.29 is 9.90 Å². The highest BCUT2D eigenvalue weighted by Gasteiger charge is 2.12. The van der Waals surface area contributed by atoms with Gasteiger partial charge < -0.3 is 5.11 Å². The van der Waals surface area contributed by atoms with Crippen molar-refractivity contribution in [2.75, 3.05) is 0 Å². The van der Waals surface area contributed by atoms with Crippen LogP contribution in [0.5, 0.6) is 5.75 Å². The minimum atomic E-state index is -0.491. The first kappa shape index (κ1) is 17.0. The molecule has 2 rings (SSSR count). The van der Waals surface area contributed by atoms with Gasteiger partial charge in [0.2, 0.25) is 0 Å². The number of unbranched alkanes of at least 4 members (excludes halogenated alkanes) is 1. The number of hydrogen-bond donors (Lipinski definition) is 2. The fourth-order valence-electron chi connectivity index (χ4n) is 2.11. The molecule has 120 valence electrons. The van der Waals surface area contributed by atoms with E-state index in [-0.39, 0.29) is 11.3 Å². The molecule has 1 amide bonds. The highest BCUT2D eigenvalue weighted by molar-refractivity contribution is 6.31. The molecule has 0 spiro atoms. The minimum absolute atomic E-state index is 0.101. The summed E-state index contributed by atoms with van der Waals surface area (Å²) in [5.41, 5.74) is 4.38. The third kappa shape index (κ3) is 4.83. The van der Waals surface area contributed by atoms with Gasteiger partial charge in [0, 0.05) is 5.02 Å². The highest BCUT2D eigenvalue weighted by Crippen LogP contribution is 2.21. The molecule has 2 N–H and O–H groups in total. The SMILES string of the molecule is CCCC/C(=N\NC(=O)c1cc(Cl)ccc1O)c1ccccc1. The first-order valence-corrected chi connectivity index (χ1v) is 7.90. The number of phenolic OH excluding ortho intramolecular Hbond substituents is 1. The first-order valence-electron chi connectivity index (χ1n) is 7.52. The van der Waals surface area contributed by atoms with Gasteiger partial charge >= 0.3 is 0 Å². The number of carbonyl (C=O) groups excluding carboxylic acids is 1. The van der Waals surface area contributed by atoms with Crippen LogP contribution in [0.3, 0.4) is 0 Å². The van der Waals surface area contributed by atoms with Crippen LogP contribution in [0.4, 0.5) is 0 Å². The smallest absolute Gasteiger partial charge is 0.275 e. The van der Waals surface area contributed by atoms with E-state index in [2.05, 4.69) is 17.5 Å². The molecule has 0 saturated heterocycles. The lowest BCUT2D eigenvalue weighted by Crippen LogP contribution is -2.20. The maximum Gasteiger partial charge on any atom is 0.275 e. The van der Waals surface area contributed by atoms with Crippen molar-refractivity contribution in [2.24, 2.45) is 5.10 Å². The molecule has 0 aliphatic rings.